The van der Waals surface area contributed by atoms with E-state index in [1.807, 2.05) is 0 Å². The third-order valence-electron chi connectivity index (χ3n) is 5.05. The maximum atomic E-state index is 13.7. The second-order valence-corrected chi connectivity index (χ2v) is 6.41. The van der Waals surface area contributed by atoms with Crippen molar-refractivity contribution in [1.29, 1.82) is 0 Å². The van der Waals surface area contributed by atoms with Crippen LogP contribution in [0.3, 0.4) is 0 Å². The van der Waals surface area contributed by atoms with Gasteiger partial charge in [-0.2, -0.15) is 0 Å². The van der Waals surface area contributed by atoms with Crippen molar-refractivity contribution in [3.05, 3.63) is 24.1 Å². The molecule has 1 aromatic rings. The lowest BCUT2D eigenvalue weighted by molar-refractivity contribution is 0.0510. The summed E-state index contributed by atoms with van der Waals surface area (Å²) in [5.41, 5.74) is 0.186. The Labute approximate surface area is 126 Å². The van der Waals surface area contributed by atoms with Gasteiger partial charge in [-0.3, -0.25) is 4.90 Å². The van der Waals surface area contributed by atoms with E-state index in [2.05, 4.69) is 27.1 Å². The molecule has 4 nitrogen and oxygen atoms in total. The van der Waals surface area contributed by atoms with E-state index in [0.29, 0.717) is 5.82 Å². The Balaban J connectivity index is 1.68. The third-order valence-corrected chi connectivity index (χ3v) is 5.05. The van der Waals surface area contributed by atoms with Crippen molar-refractivity contribution >= 4 is 5.82 Å². The van der Waals surface area contributed by atoms with E-state index in [9.17, 15) is 4.39 Å². The van der Waals surface area contributed by atoms with Crippen molar-refractivity contribution < 1.29 is 4.39 Å². The number of aromatic nitrogens is 1. The van der Waals surface area contributed by atoms with Gasteiger partial charge in [-0.05, 0) is 32.0 Å². The van der Waals surface area contributed by atoms with Crippen LogP contribution in [0.25, 0.3) is 0 Å². The fraction of sp³-hybridized carbons (Fsp3) is 0.688. The van der Waals surface area contributed by atoms with Crippen LogP contribution in [0.1, 0.15) is 25.7 Å². The van der Waals surface area contributed by atoms with Crippen molar-refractivity contribution in [2.45, 2.75) is 31.2 Å². The number of nitrogens with one attached hydrogen (secondary N) is 1. The van der Waals surface area contributed by atoms with Crippen LogP contribution in [0, 0.1) is 5.82 Å². The van der Waals surface area contributed by atoms with Gasteiger partial charge in [0.1, 0.15) is 0 Å². The topological polar surface area (TPSA) is 31.4 Å². The van der Waals surface area contributed by atoms with E-state index < -0.39 is 0 Å². The number of hydrogen-bond acceptors (Lipinski definition) is 4. The molecule has 1 aromatic heterocycles. The molecule has 1 saturated heterocycles. The monoisotopic (exact) mass is 292 g/mol. The summed E-state index contributed by atoms with van der Waals surface area (Å²) in [7, 11) is 2.18. The number of pyridine rings is 1. The number of nitrogens with zero attached hydrogens (tertiary/aromatic N) is 3. The molecule has 0 atom stereocenters. The van der Waals surface area contributed by atoms with Gasteiger partial charge in [-0.15, -0.1) is 0 Å². The van der Waals surface area contributed by atoms with Crippen molar-refractivity contribution in [3.63, 3.8) is 0 Å². The molecule has 0 spiro atoms. The van der Waals surface area contributed by atoms with E-state index >= 15 is 0 Å². The van der Waals surface area contributed by atoms with Crippen LogP contribution < -0.4 is 5.32 Å². The first kappa shape index (κ1) is 14.7. The minimum absolute atomic E-state index is 0.186. The number of hydrogen-bond donors (Lipinski definition) is 1. The Hall–Kier alpha value is -1.20. The minimum atomic E-state index is -0.260. The Morgan fingerprint density at radius 1 is 1.24 bits per heavy atom. The highest BCUT2D eigenvalue weighted by atomic mass is 19.1. The number of rotatable bonds is 4. The maximum absolute atomic E-state index is 13.7. The van der Waals surface area contributed by atoms with Crippen LogP contribution in [0.4, 0.5) is 10.2 Å². The summed E-state index contributed by atoms with van der Waals surface area (Å²) in [5.74, 6) is 0.127. The predicted octanol–water partition coefficient (Wildman–Crippen LogP) is 2.19. The summed E-state index contributed by atoms with van der Waals surface area (Å²) in [4.78, 5) is 9.11. The van der Waals surface area contributed by atoms with Gasteiger partial charge in [0.2, 0.25) is 0 Å². The molecular formula is C16H25FN4. The number of piperazine rings is 1. The van der Waals surface area contributed by atoms with Crippen LogP contribution in [0.2, 0.25) is 0 Å². The molecular weight excluding hydrogens is 267 g/mol. The van der Waals surface area contributed by atoms with E-state index in [1.54, 1.807) is 12.3 Å². The highest BCUT2D eigenvalue weighted by molar-refractivity contribution is 5.36. The molecule has 1 N–H and O–H groups in total. The molecule has 0 amide bonds. The number of halogens is 1. The molecule has 5 heteroatoms. The lowest BCUT2D eigenvalue weighted by Gasteiger charge is -2.45. The molecule has 2 aliphatic rings. The molecule has 1 aliphatic carbocycles. The summed E-state index contributed by atoms with van der Waals surface area (Å²) in [6.45, 7) is 5.27. The first-order valence-corrected chi connectivity index (χ1v) is 7.98. The molecule has 1 aliphatic heterocycles. The van der Waals surface area contributed by atoms with Crippen molar-refractivity contribution in [2.24, 2.45) is 0 Å². The summed E-state index contributed by atoms with van der Waals surface area (Å²) >= 11 is 0. The second kappa shape index (κ2) is 6.28. The smallest absolute Gasteiger partial charge is 0.165 e. The van der Waals surface area contributed by atoms with Crippen LogP contribution in [-0.2, 0) is 0 Å². The zero-order chi connectivity index (χ0) is 14.7. The molecule has 21 heavy (non-hydrogen) atoms. The summed E-state index contributed by atoms with van der Waals surface area (Å²) in [5, 5.41) is 3.26. The fourth-order valence-corrected chi connectivity index (χ4v) is 3.68. The summed E-state index contributed by atoms with van der Waals surface area (Å²) in [6, 6.07) is 3.10. The molecule has 2 heterocycles. The van der Waals surface area contributed by atoms with Gasteiger partial charge in [0.25, 0.3) is 0 Å². The Kier molecular flexibility index (Phi) is 4.40. The normalized spacial score (nSPS) is 23.3. The van der Waals surface area contributed by atoms with Gasteiger partial charge in [0.15, 0.2) is 11.6 Å². The van der Waals surface area contributed by atoms with Crippen LogP contribution in [0.5, 0.6) is 0 Å². The van der Waals surface area contributed by atoms with Gasteiger partial charge in [-0.1, -0.05) is 12.8 Å². The number of anilines is 1. The molecule has 2 fully saturated rings. The standard InChI is InChI=1S/C16H25FN4/c1-20-9-11-21(12-10-20)16(6-2-3-7-16)13-19-15-14(17)5-4-8-18-15/h4-5,8H,2-3,6-7,9-13H2,1H3,(H,18,19). The van der Waals surface area contributed by atoms with Gasteiger partial charge in [0, 0.05) is 44.5 Å². The van der Waals surface area contributed by atoms with Crippen LogP contribution in [-0.4, -0.2) is 60.1 Å². The Morgan fingerprint density at radius 2 is 1.95 bits per heavy atom. The largest absolute Gasteiger partial charge is 0.366 e. The molecule has 0 unspecified atom stereocenters. The van der Waals surface area contributed by atoms with Gasteiger partial charge < -0.3 is 10.2 Å². The molecule has 0 aromatic carbocycles. The highest BCUT2D eigenvalue weighted by Crippen LogP contribution is 2.36. The quantitative estimate of drug-likeness (QED) is 0.922. The van der Waals surface area contributed by atoms with Crippen LogP contribution >= 0.6 is 0 Å². The lowest BCUT2D eigenvalue weighted by atomic mass is 9.93. The first-order valence-electron chi connectivity index (χ1n) is 7.98. The number of likely N-dealkylation sites (N-methyl/N-ethyl adjacent to an activating group) is 1. The van der Waals surface area contributed by atoms with Gasteiger partial charge in [0.05, 0.1) is 0 Å². The van der Waals surface area contributed by atoms with E-state index in [4.69, 9.17) is 0 Å². The molecule has 3 rings (SSSR count). The van der Waals surface area contributed by atoms with E-state index in [-0.39, 0.29) is 11.4 Å². The van der Waals surface area contributed by atoms with E-state index in [1.165, 1.54) is 31.7 Å². The van der Waals surface area contributed by atoms with Crippen molar-refractivity contribution in [1.82, 2.24) is 14.8 Å². The molecule has 0 bridgehead atoms. The maximum Gasteiger partial charge on any atom is 0.165 e. The Morgan fingerprint density at radius 3 is 2.62 bits per heavy atom. The highest BCUT2D eigenvalue weighted by Gasteiger charge is 2.40. The van der Waals surface area contributed by atoms with Crippen molar-refractivity contribution in [3.8, 4) is 0 Å². The minimum Gasteiger partial charge on any atom is -0.366 e. The molecule has 1 saturated carbocycles. The third kappa shape index (κ3) is 3.19. The summed E-state index contributed by atoms with van der Waals surface area (Å²) in [6.07, 6.45) is 6.61. The molecule has 0 radical (unpaired) electrons. The molecule has 116 valence electrons. The zero-order valence-electron chi connectivity index (χ0n) is 12.8. The average Bonchev–Trinajstić information content (AvgIpc) is 2.97. The van der Waals surface area contributed by atoms with Gasteiger partial charge >= 0.3 is 0 Å². The van der Waals surface area contributed by atoms with Gasteiger partial charge in [-0.25, -0.2) is 9.37 Å². The second-order valence-electron chi connectivity index (χ2n) is 6.41. The predicted molar refractivity (Wildman–Crippen MR) is 83.0 cm³/mol. The fourth-order valence-electron chi connectivity index (χ4n) is 3.68. The van der Waals surface area contributed by atoms with Crippen molar-refractivity contribution in [2.75, 3.05) is 45.1 Å². The Bertz CT molecular complexity index is 465. The van der Waals surface area contributed by atoms with E-state index in [0.717, 1.165) is 32.7 Å². The SMILES string of the molecule is CN1CCN(C2(CNc3ncccc3F)CCCC2)CC1. The van der Waals surface area contributed by atoms with Crippen LogP contribution in [0.15, 0.2) is 18.3 Å². The zero-order valence-corrected chi connectivity index (χ0v) is 12.8. The first-order chi connectivity index (χ1) is 10.2. The lowest BCUT2D eigenvalue weighted by Crippen LogP contribution is -2.58. The summed E-state index contributed by atoms with van der Waals surface area (Å²) < 4.78 is 13.7. The average molecular weight is 292 g/mol.